The summed E-state index contributed by atoms with van der Waals surface area (Å²) in [5.74, 6) is -3.26. The van der Waals surface area contributed by atoms with Crippen LogP contribution in [0.1, 0.15) is 38.2 Å². The van der Waals surface area contributed by atoms with Gasteiger partial charge in [0.25, 0.3) is 0 Å². The lowest BCUT2D eigenvalue weighted by Gasteiger charge is -2.22. The topological polar surface area (TPSA) is 83.6 Å². The fourth-order valence-electron chi connectivity index (χ4n) is 3.22. The highest BCUT2D eigenvalue weighted by atomic mass is 32.2. The Hall–Kier alpha value is -2.10. The van der Waals surface area contributed by atoms with Gasteiger partial charge in [-0.15, -0.1) is 0 Å². The summed E-state index contributed by atoms with van der Waals surface area (Å²) in [7, 11) is -3.53. The lowest BCUT2D eigenvalue weighted by atomic mass is 10.2. The van der Waals surface area contributed by atoms with Crippen LogP contribution in [-0.4, -0.2) is 48.9 Å². The molecule has 6 nitrogen and oxygen atoms in total. The van der Waals surface area contributed by atoms with E-state index in [-0.39, 0.29) is 18.8 Å². The molecule has 2 amide bonds. The summed E-state index contributed by atoms with van der Waals surface area (Å²) in [5, 5.41) is 1.98. The number of nitrogens with one attached hydrogen (secondary N) is 1. The summed E-state index contributed by atoms with van der Waals surface area (Å²) in [6, 6.07) is 5.97. The standard InChI is InChI=1S/C18H23F3N2O4S/c1-2-23(17(25)18(19,20)21)11-13-6-5-7-14(10-13)22-16(24)12-28(26,27)15-8-3-4-9-15/h5-7,10,15H,2-4,8-9,11-12H2,1H3,(H,22,24). The Morgan fingerprint density at radius 1 is 1.21 bits per heavy atom. The van der Waals surface area contributed by atoms with Crippen molar-refractivity contribution in [2.75, 3.05) is 17.6 Å². The van der Waals surface area contributed by atoms with Gasteiger partial charge in [-0.3, -0.25) is 9.59 Å². The van der Waals surface area contributed by atoms with Crippen molar-refractivity contribution in [3.63, 3.8) is 0 Å². The van der Waals surface area contributed by atoms with E-state index in [2.05, 4.69) is 5.32 Å². The Bertz CT molecular complexity index is 818. The number of carbonyl (C=O) groups excluding carboxylic acids is 2. The Morgan fingerprint density at radius 2 is 1.86 bits per heavy atom. The van der Waals surface area contributed by atoms with Crippen LogP contribution in [0.4, 0.5) is 18.9 Å². The zero-order valence-corrected chi connectivity index (χ0v) is 16.3. The van der Waals surface area contributed by atoms with Crippen LogP contribution in [0.15, 0.2) is 24.3 Å². The van der Waals surface area contributed by atoms with E-state index in [4.69, 9.17) is 0 Å². The molecule has 0 aliphatic heterocycles. The molecular weight excluding hydrogens is 397 g/mol. The molecule has 1 aliphatic rings. The average Bonchev–Trinajstić information content (AvgIpc) is 3.13. The predicted molar refractivity (Wildman–Crippen MR) is 98.3 cm³/mol. The molecule has 1 aliphatic carbocycles. The molecule has 1 saturated carbocycles. The second-order valence-corrected chi connectivity index (χ2v) is 9.06. The summed E-state index contributed by atoms with van der Waals surface area (Å²) < 4.78 is 62.3. The van der Waals surface area contributed by atoms with Crippen molar-refractivity contribution in [3.05, 3.63) is 29.8 Å². The van der Waals surface area contributed by atoms with Crippen molar-refractivity contribution in [1.29, 1.82) is 0 Å². The van der Waals surface area contributed by atoms with Gasteiger partial charge in [-0.25, -0.2) is 8.42 Å². The lowest BCUT2D eigenvalue weighted by Crippen LogP contribution is -2.40. The molecule has 0 radical (unpaired) electrons. The van der Waals surface area contributed by atoms with Crippen molar-refractivity contribution in [2.24, 2.45) is 0 Å². The van der Waals surface area contributed by atoms with Gasteiger partial charge in [0.2, 0.25) is 5.91 Å². The summed E-state index contributed by atoms with van der Waals surface area (Å²) in [6.07, 6.45) is -2.18. The van der Waals surface area contributed by atoms with Crippen molar-refractivity contribution in [1.82, 2.24) is 4.90 Å². The van der Waals surface area contributed by atoms with E-state index in [0.29, 0.717) is 23.3 Å². The number of nitrogens with zero attached hydrogens (tertiary/aromatic N) is 1. The van der Waals surface area contributed by atoms with E-state index >= 15 is 0 Å². The molecule has 1 N–H and O–H groups in total. The van der Waals surface area contributed by atoms with Gasteiger partial charge in [0.15, 0.2) is 9.84 Å². The number of benzene rings is 1. The van der Waals surface area contributed by atoms with Crippen molar-refractivity contribution < 1.29 is 31.2 Å². The average molecular weight is 420 g/mol. The van der Waals surface area contributed by atoms with Gasteiger partial charge in [-0.05, 0) is 37.5 Å². The van der Waals surface area contributed by atoms with Crippen molar-refractivity contribution in [3.8, 4) is 0 Å². The molecule has 156 valence electrons. The minimum absolute atomic E-state index is 0.130. The molecule has 0 saturated heterocycles. The number of halogens is 3. The number of sulfone groups is 1. The zero-order chi connectivity index (χ0) is 20.9. The minimum Gasteiger partial charge on any atom is -0.331 e. The SMILES string of the molecule is CCN(Cc1cccc(NC(=O)CS(=O)(=O)C2CCCC2)c1)C(=O)C(F)(F)F. The molecular formula is C18H23F3N2O4S. The summed E-state index contributed by atoms with van der Waals surface area (Å²) in [4.78, 5) is 24.2. The molecule has 1 fully saturated rings. The van der Waals surface area contributed by atoms with Crippen LogP contribution in [0.3, 0.4) is 0 Å². The highest BCUT2D eigenvalue weighted by Gasteiger charge is 2.41. The van der Waals surface area contributed by atoms with Crippen LogP contribution in [0.25, 0.3) is 0 Å². The third kappa shape index (κ3) is 5.95. The van der Waals surface area contributed by atoms with Crippen LogP contribution in [0.2, 0.25) is 0 Å². The normalized spacial score (nSPS) is 15.4. The largest absolute Gasteiger partial charge is 0.471 e. The quantitative estimate of drug-likeness (QED) is 0.735. The first-order chi connectivity index (χ1) is 13.0. The molecule has 0 bridgehead atoms. The highest BCUT2D eigenvalue weighted by molar-refractivity contribution is 7.92. The number of hydrogen-bond donors (Lipinski definition) is 1. The van der Waals surface area contributed by atoms with E-state index in [9.17, 15) is 31.2 Å². The predicted octanol–water partition coefficient (Wildman–Crippen LogP) is 2.89. The fraction of sp³-hybridized carbons (Fsp3) is 0.556. The smallest absolute Gasteiger partial charge is 0.331 e. The van der Waals surface area contributed by atoms with Crippen LogP contribution < -0.4 is 5.32 Å². The van der Waals surface area contributed by atoms with Crippen molar-refractivity contribution in [2.45, 2.75) is 50.6 Å². The van der Waals surface area contributed by atoms with E-state index < -0.39 is 38.8 Å². The van der Waals surface area contributed by atoms with Gasteiger partial charge in [0.05, 0.1) is 5.25 Å². The second kappa shape index (κ2) is 8.93. The minimum atomic E-state index is -4.96. The summed E-state index contributed by atoms with van der Waals surface area (Å²) in [5.41, 5.74) is 0.649. The Balaban J connectivity index is 2.02. The number of amides is 2. The number of rotatable bonds is 7. The van der Waals surface area contributed by atoms with Crippen LogP contribution in [-0.2, 0) is 26.0 Å². The first-order valence-corrected chi connectivity index (χ1v) is 10.7. The number of anilines is 1. The van der Waals surface area contributed by atoms with Gasteiger partial charge in [0.1, 0.15) is 5.75 Å². The summed E-state index contributed by atoms with van der Waals surface area (Å²) >= 11 is 0. The van der Waals surface area contributed by atoms with E-state index in [1.165, 1.54) is 31.2 Å². The molecule has 10 heteroatoms. The Morgan fingerprint density at radius 3 is 2.43 bits per heavy atom. The third-order valence-corrected chi connectivity index (χ3v) is 6.79. The van der Waals surface area contributed by atoms with Gasteiger partial charge < -0.3 is 10.2 Å². The van der Waals surface area contributed by atoms with Crippen LogP contribution in [0.5, 0.6) is 0 Å². The summed E-state index contributed by atoms with van der Waals surface area (Å²) in [6.45, 7) is 1.02. The molecule has 0 aromatic heterocycles. The molecule has 0 spiro atoms. The maximum absolute atomic E-state index is 12.6. The lowest BCUT2D eigenvalue weighted by molar-refractivity contribution is -0.185. The monoisotopic (exact) mass is 420 g/mol. The van der Waals surface area contributed by atoms with Crippen molar-refractivity contribution >= 4 is 27.3 Å². The van der Waals surface area contributed by atoms with Gasteiger partial charge in [-0.1, -0.05) is 25.0 Å². The zero-order valence-electron chi connectivity index (χ0n) is 15.5. The Labute approximate surface area is 162 Å². The van der Waals surface area contributed by atoms with E-state index in [1.807, 2.05) is 0 Å². The van der Waals surface area contributed by atoms with Gasteiger partial charge in [-0.2, -0.15) is 13.2 Å². The van der Waals surface area contributed by atoms with E-state index in [0.717, 1.165) is 12.8 Å². The maximum atomic E-state index is 12.6. The molecule has 0 atom stereocenters. The molecule has 1 aromatic carbocycles. The first kappa shape index (κ1) is 22.2. The fourth-order valence-corrected chi connectivity index (χ4v) is 4.94. The second-order valence-electron chi connectivity index (χ2n) is 6.78. The number of alkyl halides is 3. The van der Waals surface area contributed by atoms with E-state index in [1.54, 1.807) is 0 Å². The molecule has 28 heavy (non-hydrogen) atoms. The van der Waals surface area contributed by atoms with Crippen LogP contribution in [0, 0.1) is 0 Å². The van der Waals surface area contributed by atoms with Crippen LogP contribution >= 0.6 is 0 Å². The first-order valence-electron chi connectivity index (χ1n) is 8.99. The molecule has 1 aromatic rings. The molecule has 2 rings (SSSR count). The molecule has 0 unspecified atom stereocenters. The maximum Gasteiger partial charge on any atom is 0.471 e. The van der Waals surface area contributed by atoms with Gasteiger partial charge >= 0.3 is 12.1 Å². The number of carbonyl (C=O) groups is 2. The Kier molecular flexibility index (Phi) is 7.08. The molecule has 0 heterocycles. The number of hydrogen-bond acceptors (Lipinski definition) is 4. The third-order valence-electron chi connectivity index (χ3n) is 4.64. The highest BCUT2D eigenvalue weighted by Crippen LogP contribution is 2.25. The van der Waals surface area contributed by atoms with Gasteiger partial charge in [0, 0.05) is 18.8 Å².